The predicted molar refractivity (Wildman–Crippen MR) is 72.9 cm³/mol. The van der Waals surface area contributed by atoms with Crippen LogP contribution in [0.25, 0.3) is 11.1 Å². The highest BCUT2D eigenvalue weighted by Crippen LogP contribution is 2.40. The number of benzene rings is 1. The number of nitrogens with zero attached hydrogens (tertiary/aromatic N) is 1. The number of rotatable bonds is 2. The fourth-order valence-corrected chi connectivity index (χ4v) is 2.91. The monoisotopic (exact) mass is 275 g/mol. The molecule has 1 aromatic carbocycles. The number of hydrogen-bond donors (Lipinski definition) is 1. The van der Waals surface area contributed by atoms with E-state index in [9.17, 15) is 4.79 Å². The third kappa shape index (κ3) is 1.98. The van der Waals surface area contributed by atoms with Crippen LogP contribution in [0, 0.1) is 5.92 Å². The summed E-state index contributed by atoms with van der Waals surface area (Å²) in [6.07, 6.45) is 0.214. The molecule has 1 aromatic heterocycles. The average Bonchev–Trinajstić information content (AvgIpc) is 2.90. The predicted octanol–water partition coefficient (Wildman–Crippen LogP) is 3.05. The van der Waals surface area contributed by atoms with E-state index in [2.05, 4.69) is 11.9 Å². The van der Waals surface area contributed by atoms with E-state index >= 15 is 0 Å². The molecule has 4 unspecified atom stereocenters. The van der Waals surface area contributed by atoms with Crippen LogP contribution in [0.1, 0.15) is 42.9 Å². The Labute approximate surface area is 116 Å². The molecule has 0 spiro atoms. The minimum Gasteiger partial charge on any atom is -0.478 e. The topological polar surface area (TPSA) is 72.6 Å². The van der Waals surface area contributed by atoms with Crippen molar-refractivity contribution in [3.05, 3.63) is 29.7 Å². The van der Waals surface area contributed by atoms with Crippen molar-refractivity contribution in [1.29, 1.82) is 0 Å². The minimum atomic E-state index is -0.962. The molecule has 0 amide bonds. The summed E-state index contributed by atoms with van der Waals surface area (Å²) in [7, 11) is 0. The molecule has 2 aromatic rings. The van der Waals surface area contributed by atoms with Gasteiger partial charge in [0.25, 0.3) is 0 Å². The molecule has 0 aliphatic carbocycles. The maximum atomic E-state index is 11.0. The van der Waals surface area contributed by atoms with Crippen molar-refractivity contribution in [2.24, 2.45) is 5.92 Å². The lowest BCUT2D eigenvalue weighted by Crippen LogP contribution is -2.15. The molecule has 20 heavy (non-hydrogen) atoms. The van der Waals surface area contributed by atoms with Crippen LogP contribution in [0.2, 0.25) is 0 Å². The summed E-state index contributed by atoms with van der Waals surface area (Å²) in [6.45, 7) is 6.19. The van der Waals surface area contributed by atoms with Gasteiger partial charge in [0.2, 0.25) is 5.89 Å². The van der Waals surface area contributed by atoms with Crippen LogP contribution < -0.4 is 0 Å². The Morgan fingerprint density at radius 2 is 2.00 bits per heavy atom. The van der Waals surface area contributed by atoms with E-state index in [1.165, 1.54) is 6.07 Å². The molecule has 1 saturated heterocycles. The Balaban J connectivity index is 2.03. The summed E-state index contributed by atoms with van der Waals surface area (Å²) in [6, 6.07) is 4.73. The van der Waals surface area contributed by atoms with Crippen LogP contribution in [-0.2, 0) is 4.74 Å². The molecule has 1 aliphatic heterocycles. The molecule has 2 heterocycles. The first kappa shape index (κ1) is 13.1. The number of oxazole rings is 1. The van der Waals surface area contributed by atoms with Gasteiger partial charge in [-0.05, 0) is 38.0 Å². The molecule has 0 radical (unpaired) electrons. The summed E-state index contributed by atoms with van der Waals surface area (Å²) in [5, 5.41) is 9.00. The Morgan fingerprint density at radius 1 is 1.25 bits per heavy atom. The number of hydrogen-bond acceptors (Lipinski definition) is 4. The zero-order valence-electron chi connectivity index (χ0n) is 11.7. The molecule has 4 atom stereocenters. The molecule has 106 valence electrons. The van der Waals surface area contributed by atoms with Crippen molar-refractivity contribution in [1.82, 2.24) is 4.98 Å². The number of fused-ring (bicyclic) bond motifs is 1. The van der Waals surface area contributed by atoms with Crippen LogP contribution in [0.3, 0.4) is 0 Å². The van der Waals surface area contributed by atoms with E-state index in [0.717, 1.165) is 0 Å². The van der Waals surface area contributed by atoms with Crippen molar-refractivity contribution < 1.29 is 19.1 Å². The minimum absolute atomic E-state index is 0.0482. The van der Waals surface area contributed by atoms with Gasteiger partial charge in [-0.1, -0.05) is 6.92 Å². The van der Waals surface area contributed by atoms with Gasteiger partial charge in [-0.15, -0.1) is 0 Å². The number of aromatic nitrogens is 1. The number of aromatic carboxylic acids is 1. The van der Waals surface area contributed by atoms with Gasteiger partial charge in [0.05, 0.1) is 23.7 Å². The molecule has 1 aliphatic rings. The van der Waals surface area contributed by atoms with E-state index in [1.807, 2.05) is 13.8 Å². The molecule has 0 bridgehead atoms. The standard InChI is InChI=1S/C15H17NO4/c1-7-8(2)19-9(3)13(7)14-16-11-6-10(15(17)18)4-5-12(11)20-14/h4-9,13H,1-3H3,(H,17,18). The summed E-state index contributed by atoms with van der Waals surface area (Å²) >= 11 is 0. The lowest BCUT2D eigenvalue weighted by atomic mass is 9.89. The largest absolute Gasteiger partial charge is 0.478 e. The Hall–Kier alpha value is -1.88. The van der Waals surface area contributed by atoms with Crippen LogP contribution >= 0.6 is 0 Å². The third-order valence-electron chi connectivity index (χ3n) is 4.18. The van der Waals surface area contributed by atoms with Crippen molar-refractivity contribution in [2.75, 3.05) is 0 Å². The second-order valence-corrected chi connectivity index (χ2v) is 5.47. The van der Waals surface area contributed by atoms with Crippen LogP contribution in [0.5, 0.6) is 0 Å². The number of carboxylic acids is 1. The lowest BCUT2D eigenvalue weighted by Gasteiger charge is -2.13. The maximum Gasteiger partial charge on any atom is 0.335 e. The molecule has 1 N–H and O–H groups in total. The highest BCUT2D eigenvalue weighted by Gasteiger charge is 2.40. The first-order valence-corrected chi connectivity index (χ1v) is 6.76. The second kappa shape index (κ2) is 4.59. The van der Waals surface area contributed by atoms with Gasteiger partial charge < -0.3 is 14.3 Å². The van der Waals surface area contributed by atoms with Crippen molar-refractivity contribution >= 4 is 17.1 Å². The summed E-state index contributed by atoms with van der Waals surface area (Å²) in [5.41, 5.74) is 1.41. The SMILES string of the molecule is CC1OC(C)C(c2nc3cc(C(=O)O)ccc3o2)C1C. The van der Waals surface area contributed by atoms with Gasteiger partial charge in [-0.2, -0.15) is 0 Å². The number of carboxylic acid groups (broad SMARTS) is 1. The highest BCUT2D eigenvalue weighted by atomic mass is 16.5. The molecule has 5 heteroatoms. The molecule has 0 saturated carbocycles. The van der Waals surface area contributed by atoms with Gasteiger partial charge in [-0.3, -0.25) is 0 Å². The van der Waals surface area contributed by atoms with E-state index < -0.39 is 5.97 Å². The number of carbonyl (C=O) groups is 1. The van der Waals surface area contributed by atoms with Gasteiger partial charge >= 0.3 is 5.97 Å². The zero-order valence-corrected chi connectivity index (χ0v) is 11.7. The van der Waals surface area contributed by atoms with Crippen LogP contribution in [0.4, 0.5) is 0 Å². The van der Waals surface area contributed by atoms with Crippen LogP contribution in [0.15, 0.2) is 22.6 Å². The Bertz CT molecular complexity index is 663. The first-order chi connectivity index (χ1) is 9.47. The Morgan fingerprint density at radius 3 is 2.60 bits per heavy atom. The third-order valence-corrected chi connectivity index (χ3v) is 4.18. The summed E-state index contributed by atoms with van der Waals surface area (Å²) in [4.78, 5) is 15.4. The fourth-order valence-electron chi connectivity index (χ4n) is 2.91. The second-order valence-electron chi connectivity index (χ2n) is 5.47. The normalized spacial score (nSPS) is 29.9. The Kier molecular flexibility index (Phi) is 3.01. The quantitative estimate of drug-likeness (QED) is 0.911. The highest BCUT2D eigenvalue weighted by molar-refractivity contribution is 5.91. The molecule has 5 nitrogen and oxygen atoms in total. The summed E-state index contributed by atoms with van der Waals surface area (Å²) in [5.74, 6) is 0.0885. The first-order valence-electron chi connectivity index (χ1n) is 6.76. The molecule has 3 rings (SSSR count). The number of ether oxygens (including phenoxy) is 1. The molecule has 1 fully saturated rings. The van der Waals surface area contributed by atoms with E-state index in [-0.39, 0.29) is 23.7 Å². The van der Waals surface area contributed by atoms with E-state index in [4.69, 9.17) is 14.3 Å². The van der Waals surface area contributed by atoms with Gasteiger partial charge in [0.15, 0.2) is 5.58 Å². The van der Waals surface area contributed by atoms with Gasteiger partial charge in [-0.25, -0.2) is 9.78 Å². The fraction of sp³-hybridized carbons (Fsp3) is 0.467. The van der Waals surface area contributed by atoms with Crippen molar-refractivity contribution in [2.45, 2.75) is 38.9 Å². The van der Waals surface area contributed by atoms with Gasteiger partial charge in [0, 0.05) is 0 Å². The molecular formula is C15H17NO4. The van der Waals surface area contributed by atoms with Crippen molar-refractivity contribution in [3.63, 3.8) is 0 Å². The average molecular weight is 275 g/mol. The zero-order chi connectivity index (χ0) is 14.4. The lowest BCUT2D eigenvalue weighted by molar-refractivity contribution is 0.0546. The van der Waals surface area contributed by atoms with E-state index in [0.29, 0.717) is 22.9 Å². The van der Waals surface area contributed by atoms with Crippen molar-refractivity contribution in [3.8, 4) is 0 Å². The van der Waals surface area contributed by atoms with E-state index in [1.54, 1.807) is 12.1 Å². The smallest absolute Gasteiger partial charge is 0.335 e. The van der Waals surface area contributed by atoms with Gasteiger partial charge in [0.1, 0.15) is 5.52 Å². The van der Waals surface area contributed by atoms with Crippen LogP contribution in [-0.4, -0.2) is 28.3 Å². The summed E-state index contributed by atoms with van der Waals surface area (Å²) < 4.78 is 11.6. The maximum absolute atomic E-state index is 11.0. The molecular weight excluding hydrogens is 258 g/mol.